The molecule has 1 N–H and O–H groups in total. The third-order valence-corrected chi connectivity index (χ3v) is 7.24. The van der Waals surface area contributed by atoms with Crippen LogP contribution in [0.25, 0.3) is 0 Å². The topological polar surface area (TPSA) is 49.4 Å². The van der Waals surface area contributed by atoms with Crippen LogP contribution in [0, 0.1) is 6.92 Å². The van der Waals surface area contributed by atoms with Gasteiger partial charge in [-0.15, -0.1) is 11.8 Å². The smallest absolute Gasteiger partial charge is 0.254 e. The van der Waals surface area contributed by atoms with Gasteiger partial charge in [-0.3, -0.25) is 9.59 Å². The molecule has 0 spiro atoms. The van der Waals surface area contributed by atoms with Crippen molar-refractivity contribution >= 4 is 29.3 Å². The lowest BCUT2D eigenvalue weighted by molar-refractivity contribution is -0.113. The second-order valence-corrected chi connectivity index (χ2v) is 9.54. The molecule has 158 valence electrons. The molecule has 1 atom stereocenters. The number of nitrogens with one attached hydrogen (secondary N) is 1. The van der Waals surface area contributed by atoms with Gasteiger partial charge in [0.2, 0.25) is 5.91 Å². The summed E-state index contributed by atoms with van der Waals surface area (Å²) in [7, 11) is 0. The standard InChI is InChI=1S/C25H30N2O2S/c1-17-14-21(25(29)27-13-4-3-6-18(27)2)10-12-23(17)26-24(28)16-30-22-11-9-19-7-5-8-20(19)15-22/h9-12,14-15,18H,3-8,13,16H2,1-2H3,(H,26,28). The summed E-state index contributed by atoms with van der Waals surface area (Å²) in [4.78, 5) is 28.5. The number of fused-ring (bicyclic) bond motifs is 1. The summed E-state index contributed by atoms with van der Waals surface area (Å²) in [5, 5.41) is 3.00. The molecule has 4 rings (SSSR count). The first-order valence-electron chi connectivity index (χ1n) is 11.0. The molecule has 0 radical (unpaired) electrons. The van der Waals surface area contributed by atoms with E-state index in [0.717, 1.165) is 42.0 Å². The van der Waals surface area contributed by atoms with Crippen LogP contribution in [0.2, 0.25) is 0 Å². The van der Waals surface area contributed by atoms with E-state index in [1.54, 1.807) is 11.8 Å². The van der Waals surface area contributed by atoms with Crippen LogP contribution >= 0.6 is 11.8 Å². The number of aryl methyl sites for hydroxylation is 3. The van der Waals surface area contributed by atoms with Crippen molar-refractivity contribution in [3.8, 4) is 0 Å². The minimum Gasteiger partial charge on any atom is -0.336 e. The molecule has 2 aromatic carbocycles. The molecule has 0 aromatic heterocycles. The fraction of sp³-hybridized carbons (Fsp3) is 0.440. The van der Waals surface area contributed by atoms with E-state index in [1.165, 1.54) is 30.4 Å². The van der Waals surface area contributed by atoms with Crippen LogP contribution in [-0.4, -0.2) is 35.1 Å². The Bertz CT molecular complexity index is 956. The zero-order chi connectivity index (χ0) is 21.1. The van der Waals surface area contributed by atoms with Crippen LogP contribution in [0.4, 0.5) is 5.69 Å². The average Bonchev–Trinajstić information content (AvgIpc) is 3.21. The molecule has 1 heterocycles. The number of carbonyl (C=O) groups excluding carboxylic acids is 2. The maximum atomic E-state index is 12.9. The number of hydrogen-bond donors (Lipinski definition) is 1. The van der Waals surface area contributed by atoms with E-state index in [0.29, 0.717) is 17.4 Å². The molecular weight excluding hydrogens is 392 g/mol. The highest BCUT2D eigenvalue weighted by Crippen LogP contribution is 2.28. The highest BCUT2D eigenvalue weighted by Gasteiger charge is 2.24. The van der Waals surface area contributed by atoms with Crippen molar-refractivity contribution in [2.75, 3.05) is 17.6 Å². The summed E-state index contributed by atoms with van der Waals surface area (Å²) < 4.78 is 0. The molecule has 2 amide bonds. The summed E-state index contributed by atoms with van der Waals surface area (Å²) in [6, 6.07) is 12.4. The van der Waals surface area contributed by atoms with Gasteiger partial charge < -0.3 is 10.2 Å². The van der Waals surface area contributed by atoms with E-state index in [1.807, 2.05) is 30.0 Å². The Morgan fingerprint density at radius 2 is 1.90 bits per heavy atom. The lowest BCUT2D eigenvalue weighted by Gasteiger charge is -2.33. The monoisotopic (exact) mass is 422 g/mol. The van der Waals surface area contributed by atoms with Gasteiger partial charge in [-0.2, -0.15) is 0 Å². The van der Waals surface area contributed by atoms with Crippen LogP contribution in [0.15, 0.2) is 41.3 Å². The second-order valence-electron chi connectivity index (χ2n) is 8.49. The van der Waals surface area contributed by atoms with Crippen molar-refractivity contribution in [1.29, 1.82) is 0 Å². The van der Waals surface area contributed by atoms with Gasteiger partial charge in [0.15, 0.2) is 0 Å². The Hall–Kier alpha value is -2.27. The van der Waals surface area contributed by atoms with Crippen molar-refractivity contribution in [1.82, 2.24) is 4.90 Å². The van der Waals surface area contributed by atoms with Gasteiger partial charge >= 0.3 is 0 Å². The van der Waals surface area contributed by atoms with E-state index in [4.69, 9.17) is 0 Å². The minimum absolute atomic E-state index is 0.0210. The maximum Gasteiger partial charge on any atom is 0.254 e. The second kappa shape index (κ2) is 9.25. The molecule has 5 heteroatoms. The van der Waals surface area contributed by atoms with Gasteiger partial charge in [0.1, 0.15) is 0 Å². The van der Waals surface area contributed by atoms with Gasteiger partial charge in [0.05, 0.1) is 5.75 Å². The fourth-order valence-corrected chi connectivity index (χ4v) is 5.24. The Balaban J connectivity index is 1.35. The van der Waals surface area contributed by atoms with Crippen LogP contribution < -0.4 is 5.32 Å². The van der Waals surface area contributed by atoms with E-state index >= 15 is 0 Å². The van der Waals surface area contributed by atoms with Crippen molar-refractivity contribution in [3.05, 3.63) is 58.7 Å². The third kappa shape index (κ3) is 4.72. The molecule has 0 bridgehead atoms. The lowest BCUT2D eigenvalue weighted by atomic mass is 10.0. The van der Waals surface area contributed by atoms with Gasteiger partial charge in [0, 0.05) is 28.7 Å². The first-order valence-corrected chi connectivity index (χ1v) is 12.0. The Morgan fingerprint density at radius 1 is 1.07 bits per heavy atom. The maximum absolute atomic E-state index is 12.9. The summed E-state index contributed by atoms with van der Waals surface area (Å²) in [5.41, 5.74) is 5.28. The normalized spacial score (nSPS) is 18.2. The molecule has 1 unspecified atom stereocenters. The zero-order valence-electron chi connectivity index (χ0n) is 17.9. The first kappa shape index (κ1) is 21.0. The van der Waals surface area contributed by atoms with E-state index in [2.05, 4.69) is 30.4 Å². The van der Waals surface area contributed by atoms with Crippen LogP contribution in [-0.2, 0) is 17.6 Å². The predicted molar refractivity (Wildman–Crippen MR) is 123 cm³/mol. The Morgan fingerprint density at radius 3 is 2.70 bits per heavy atom. The number of nitrogens with zero attached hydrogens (tertiary/aromatic N) is 1. The molecule has 1 aliphatic carbocycles. The zero-order valence-corrected chi connectivity index (χ0v) is 18.7. The lowest BCUT2D eigenvalue weighted by Crippen LogP contribution is -2.42. The van der Waals surface area contributed by atoms with Gasteiger partial charge in [-0.05, 0) is 99.4 Å². The van der Waals surface area contributed by atoms with Crippen molar-refractivity contribution < 1.29 is 9.59 Å². The molecule has 2 aliphatic rings. The van der Waals surface area contributed by atoms with Gasteiger partial charge in [-0.25, -0.2) is 0 Å². The predicted octanol–water partition coefficient (Wildman–Crippen LogP) is 5.23. The van der Waals surface area contributed by atoms with Crippen molar-refractivity contribution in [3.63, 3.8) is 0 Å². The quantitative estimate of drug-likeness (QED) is 0.671. The van der Waals surface area contributed by atoms with Crippen molar-refractivity contribution in [2.45, 2.75) is 63.3 Å². The molecule has 2 aromatic rings. The molecular formula is C25H30N2O2S. The number of piperidine rings is 1. The number of thioether (sulfide) groups is 1. The average molecular weight is 423 g/mol. The summed E-state index contributed by atoms with van der Waals surface area (Å²) in [5.74, 6) is 0.451. The minimum atomic E-state index is -0.0210. The van der Waals surface area contributed by atoms with E-state index in [-0.39, 0.29) is 11.8 Å². The molecule has 30 heavy (non-hydrogen) atoms. The van der Waals surface area contributed by atoms with Crippen LogP contribution in [0.3, 0.4) is 0 Å². The van der Waals surface area contributed by atoms with E-state index < -0.39 is 0 Å². The molecule has 0 saturated carbocycles. The number of likely N-dealkylation sites (tertiary alicyclic amines) is 1. The summed E-state index contributed by atoms with van der Waals surface area (Å²) >= 11 is 1.57. The fourth-order valence-electron chi connectivity index (χ4n) is 4.48. The molecule has 1 saturated heterocycles. The number of amides is 2. The van der Waals surface area contributed by atoms with Crippen LogP contribution in [0.5, 0.6) is 0 Å². The number of benzene rings is 2. The molecule has 1 fully saturated rings. The SMILES string of the molecule is Cc1cc(C(=O)N2CCCCC2C)ccc1NC(=O)CSc1ccc2c(c1)CCC2. The van der Waals surface area contributed by atoms with Gasteiger partial charge in [0.25, 0.3) is 5.91 Å². The first-order chi connectivity index (χ1) is 14.5. The Kier molecular flexibility index (Phi) is 6.47. The number of hydrogen-bond acceptors (Lipinski definition) is 3. The Labute approximate surface area is 183 Å². The highest BCUT2D eigenvalue weighted by molar-refractivity contribution is 8.00. The number of rotatable bonds is 5. The summed E-state index contributed by atoms with van der Waals surface area (Å²) in [6.45, 7) is 4.90. The largest absolute Gasteiger partial charge is 0.336 e. The summed E-state index contributed by atoms with van der Waals surface area (Å²) in [6.07, 6.45) is 6.90. The van der Waals surface area contributed by atoms with Crippen LogP contribution in [0.1, 0.15) is 59.7 Å². The molecule has 1 aliphatic heterocycles. The molecule has 4 nitrogen and oxygen atoms in total. The van der Waals surface area contributed by atoms with Crippen molar-refractivity contribution in [2.24, 2.45) is 0 Å². The van der Waals surface area contributed by atoms with Gasteiger partial charge in [-0.1, -0.05) is 6.07 Å². The number of anilines is 1. The third-order valence-electron chi connectivity index (χ3n) is 6.25. The van der Waals surface area contributed by atoms with E-state index in [9.17, 15) is 9.59 Å². The highest BCUT2D eigenvalue weighted by atomic mass is 32.2. The number of carbonyl (C=O) groups is 2.